The van der Waals surface area contributed by atoms with E-state index >= 15 is 0 Å². The number of aromatic amines is 1. The Morgan fingerprint density at radius 1 is 1.32 bits per heavy atom. The molecule has 2 aromatic rings. The van der Waals surface area contributed by atoms with Crippen LogP contribution in [0.15, 0.2) is 29.1 Å². The average molecular weight is 257 g/mol. The van der Waals surface area contributed by atoms with E-state index in [4.69, 9.17) is 5.73 Å². The van der Waals surface area contributed by atoms with Gasteiger partial charge in [-0.2, -0.15) is 0 Å². The summed E-state index contributed by atoms with van der Waals surface area (Å²) in [6.45, 7) is 4.06. The van der Waals surface area contributed by atoms with Crippen LogP contribution in [0.5, 0.6) is 0 Å². The molecule has 0 aliphatic carbocycles. The summed E-state index contributed by atoms with van der Waals surface area (Å²) in [4.78, 5) is 19.1. The first-order valence-corrected chi connectivity index (χ1v) is 6.54. The Kier molecular flexibility index (Phi) is 4.00. The molecule has 3 N–H and O–H groups in total. The van der Waals surface area contributed by atoms with Gasteiger partial charge in [0.15, 0.2) is 0 Å². The zero-order valence-electron chi connectivity index (χ0n) is 11.4. The molecule has 0 atom stereocenters. The second-order valence-corrected chi connectivity index (χ2v) is 4.73. The average Bonchev–Trinajstić information content (AvgIpc) is 2.37. The molecule has 0 bridgehead atoms. The van der Waals surface area contributed by atoms with Crippen molar-refractivity contribution in [3.8, 4) is 0 Å². The topological polar surface area (TPSA) is 71.8 Å². The highest BCUT2D eigenvalue weighted by Crippen LogP contribution is 2.12. The van der Waals surface area contributed by atoms with Gasteiger partial charge in [-0.25, -0.2) is 4.98 Å². The van der Waals surface area contributed by atoms with Gasteiger partial charge in [-0.1, -0.05) is 37.6 Å². The lowest BCUT2D eigenvalue weighted by atomic mass is 10.1. The number of anilines is 1. The van der Waals surface area contributed by atoms with Gasteiger partial charge >= 0.3 is 0 Å². The van der Waals surface area contributed by atoms with Crippen LogP contribution in [0.1, 0.15) is 35.9 Å². The molecular formula is C15H19N3O. The Hall–Kier alpha value is -2.10. The zero-order chi connectivity index (χ0) is 13.8. The van der Waals surface area contributed by atoms with Crippen LogP contribution in [0.4, 0.5) is 5.82 Å². The third-order valence-electron chi connectivity index (χ3n) is 3.22. The van der Waals surface area contributed by atoms with E-state index < -0.39 is 0 Å². The molecule has 1 aromatic carbocycles. The second-order valence-electron chi connectivity index (χ2n) is 4.73. The van der Waals surface area contributed by atoms with Crippen molar-refractivity contribution < 1.29 is 0 Å². The molecule has 0 aliphatic rings. The first-order valence-electron chi connectivity index (χ1n) is 6.54. The molecule has 0 spiro atoms. The van der Waals surface area contributed by atoms with Crippen molar-refractivity contribution in [2.45, 2.75) is 33.1 Å². The van der Waals surface area contributed by atoms with Crippen molar-refractivity contribution in [3.63, 3.8) is 0 Å². The number of nitrogen functional groups attached to an aromatic ring is 1. The highest BCUT2D eigenvalue weighted by atomic mass is 16.1. The highest BCUT2D eigenvalue weighted by molar-refractivity contribution is 5.38. The van der Waals surface area contributed by atoms with E-state index in [0.717, 1.165) is 12.0 Å². The summed E-state index contributed by atoms with van der Waals surface area (Å²) in [6.07, 6.45) is 2.14. The van der Waals surface area contributed by atoms with E-state index in [1.54, 1.807) is 0 Å². The Morgan fingerprint density at radius 3 is 2.68 bits per heavy atom. The maximum atomic E-state index is 12.0. The van der Waals surface area contributed by atoms with Gasteiger partial charge in [0.2, 0.25) is 0 Å². The Balaban J connectivity index is 2.33. The lowest BCUT2D eigenvalue weighted by Gasteiger charge is -2.08. The first-order chi connectivity index (χ1) is 9.11. The summed E-state index contributed by atoms with van der Waals surface area (Å²) >= 11 is 0. The molecule has 0 saturated carbocycles. The van der Waals surface area contributed by atoms with Crippen molar-refractivity contribution in [1.29, 1.82) is 0 Å². The fourth-order valence-electron chi connectivity index (χ4n) is 2.13. The van der Waals surface area contributed by atoms with Gasteiger partial charge in [0.05, 0.1) is 5.56 Å². The highest BCUT2D eigenvalue weighted by Gasteiger charge is 2.09. The van der Waals surface area contributed by atoms with Crippen molar-refractivity contribution in [1.82, 2.24) is 9.97 Å². The predicted octanol–water partition coefficient (Wildman–Crippen LogP) is 2.20. The van der Waals surface area contributed by atoms with Crippen LogP contribution >= 0.6 is 0 Å². The van der Waals surface area contributed by atoms with Gasteiger partial charge in [0.1, 0.15) is 11.6 Å². The molecule has 1 aromatic heterocycles. The molecule has 0 amide bonds. The summed E-state index contributed by atoms with van der Waals surface area (Å²) in [5, 5.41) is 0. The lowest BCUT2D eigenvalue weighted by Crippen LogP contribution is -2.20. The van der Waals surface area contributed by atoms with Crippen molar-refractivity contribution in [2.75, 3.05) is 5.73 Å². The number of nitrogens with zero attached hydrogens (tertiary/aromatic N) is 1. The van der Waals surface area contributed by atoms with E-state index in [-0.39, 0.29) is 5.56 Å². The third kappa shape index (κ3) is 3.02. The summed E-state index contributed by atoms with van der Waals surface area (Å²) in [5.41, 5.74) is 8.68. The molecule has 0 saturated heterocycles. The van der Waals surface area contributed by atoms with E-state index in [0.29, 0.717) is 30.0 Å². The molecule has 0 radical (unpaired) electrons. The number of hydrogen-bond acceptors (Lipinski definition) is 3. The summed E-state index contributed by atoms with van der Waals surface area (Å²) < 4.78 is 0. The number of aryl methyl sites for hydroxylation is 1. The maximum Gasteiger partial charge on any atom is 0.256 e. The van der Waals surface area contributed by atoms with Crippen LogP contribution in [-0.2, 0) is 12.8 Å². The van der Waals surface area contributed by atoms with Gasteiger partial charge in [-0.05, 0) is 24.5 Å². The standard InChI is InChI=1S/C15H19N3O/c1-3-6-12-14(16)17-13(18-15(12)19)9-11-8-5-4-7-10(11)2/h4-5,7-8H,3,6,9H2,1-2H3,(H3,16,17,18,19). The number of benzene rings is 1. The number of hydrogen-bond donors (Lipinski definition) is 2. The predicted molar refractivity (Wildman–Crippen MR) is 77.3 cm³/mol. The van der Waals surface area contributed by atoms with Gasteiger partial charge < -0.3 is 10.7 Å². The fourth-order valence-corrected chi connectivity index (χ4v) is 2.13. The monoisotopic (exact) mass is 257 g/mol. The molecule has 4 heteroatoms. The van der Waals surface area contributed by atoms with Crippen LogP contribution in [0, 0.1) is 6.92 Å². The number of rotatable bonds is 4. The fraction of sp³-hybridized carbons (Fsp3) is 0.333. The Bertz CT molecular complexity index is 632. The molecular weight excluding hydrogens is 238 g/mol. The van der Waals surface area contributed by atoms with E-state index in [2.05, 4.69) is 9.97 Å². The van der Waals surface area contributed by atoms with Crippen molar-refractivity contribution >= 4 is 5.82 Å². The van der Waals surface area contributed by atoms with Crippen LogP contribution < -0.4 is 11.3 Å². The number of nitrogens with one attached hydrogen (secondary N) is 1. The van der Waals surface area contributed by atoms with Gasteiger partial charge in [0.25, 0.3) is 5.56 Å². The van der Waals surface area contributed by atoms with Gasteiger partial charge in [0, 0.05) is 6.42 Å². The lowest BCUT2D eigenvalue weighted by molar-refractivity contribution is 0.861. The van der Waals surface area contributed by atoms with Crippen molar-refractivity contribution in [2.24, 2.45) is 0 Å². The van der Waals surface area contributed by atoms with Crippen LogP contribution in [0.2, 0.25) is 0 Å². The molecule has 4 nitrogen and oxygen atoms in total. The molecule has 100 valence electrons. The molecule has 0 aliphatic heterocycles. The number of nitrogens with two attached hydrogens (primary N) is 1. The Labute approximate surface area is 112 Å². The molecule has 0 fully saturated rings. The smallest absolute Gasteiger partial charge is 0.256 e. The number of aromatic nitrogens is 2. The SMILES string of the molecule is CCCc1c(N)nc(Cc2ccccc2C)[nH]c1=O. The minimum atomic E-state index is -0.113. The second kappa shape index (κ2) is 5.69. The van der Waals surface area contributed by atoms with E-state index in [1.807, 2.05) is 38.1 Å². The minimum Gasteiger partial charge on any atom is -0.383 e. The zero-order valence-corrected chi connectivity index (χ0v) is 11.4. The van der Waals surface area contributed by atoms with Crippen LogP contribution in [0.3, 0.4) is 0 Å². The Morgan fingerprint density at radius 2 is 2.05 bits per heavy atom. The minimum absolute atomic E-state index is 0.113. The van der Waals surface area contributed by atoms with Crippen LogP contribution in [0.25, 0.3) is 0 Å². The van der Waals surface area contributed by atoms with Gasteiger partial charge in [-0.15, -0.1) is 0 Å². The largest absolute Gasteiger partial charge is 0.383 e. The van der Waals surface area contributed by atoms with E-state index in [1.165, 1.54) is 5.56 Å². The molecule has 19 heavy (non-hydrogen) atoms. The quantitative estimate of drug-likeness (QED) is 0.882. The van der Waals surface area contributed by atoms with Crippen molar-refractivity contribution in [3.05, 3.63) is 57.1 Å². The van der Waals surface area contributed by atoms with Gasteiger partial charge in [-0.3, -0.25) is 4.79 Å². The summed E-state index contributed by atoms with van der Waals surface area (Å²) in [7, 11) is 0. The summed E-state index contributed by atoms with van der Waals surface area (Å²) in [6, 6.07) is 8.05. The molecule has 2 rings (SSSR count). The number of H-pyrrole nitrogens is 1. The maximum absolute atomic E-state index is 12.0. The third-order valence-corrected chi connectivity index (χ3v) is 3.22. The normalized spacial score (nSPS) is 10.6. The molecule has 1 heterocycles. The van der Waals surface area contributed by atoms with Crippen LogP contribution in [-0.4, -0.2) is 9.97 Å². The van der Waals surface area contributed by atoms with E-state index in [9.17, 15) is 4.79 Å². The molecule has 0 unspecified atom stereocenters. The first kappa shape index (κ1) is 13.3. The summed E-state index contributed by atoms with van der Waals surface area (Å²) in [5.74, 6) is 0.978.